The highest BCUT2D eigenvalue weighted by Gasteiger charge is 2.58. The van der Waals surface area contributed by atoms with Gasteiger partial charge in [0.05, 0.1) is 0 Å². The van der Waals surface area contributed by atoms with Gasteiger partial charge in [0.15, 0.2) is 0 Å². The minimum Gasteiger partial charge on any atom is -0.444 e. The highest BCUT2D eigenvalue weighted by molar-refractivity contribution is 6.08. The number of hydrogen-bond donors (Lipinski definition) is 0. The number of rotatable bonds is 2. The molecule has 2 aliphatic heterocycles. The number of hydrogen-bond acceptors (Lipinski definition) is 4. The van der Waals surface area contributed by atoms with Gasteiger partial charge in [-0.3, -0.25) is 14.6 Å². The standard InChI is InChI=1S/C19H29N3O4/c1-7-9-14(8-2)22-16(24)20(6)15(23)19(22)10-12-21(13-11-19)17(25)26-18(3,4)5/h7-9H,10-13H2,1-6H3. The second kappa shape index (κ2) is 7.13. The Kier molecular flexibility index (Phi) is 5.49. The van der Waals surface area contributed by atoms with E-state index in [1.54, 1.807) is 9.80 Å². The Morgan fingerprint density at radius 3 is 2.19 bits per heavy atom. The summed E-state index contributed by atoms with van der Waals surface area (Å²) in [6.07, 6.45) is 5.88. The van der Waals surface area contributed by atoms with E-state index in [4.69, 9.17) is 4.74 Å². The van der Waals surface area contributed by atoms with Gasteiger partial charge in [-0.1, -0.05) is 12.2 Å². The van der Waals surface area contributed by atoms with Crippen molar-refractivity contribution in [1.82, 2.24) is 14.7 Å². The lowest BCUT2D eigenvalue weighted by Crippen LogP contribution is -2.57. The van der Waals surface area contributed by atoms with E-state index in [2.05, 4.69) is 0 Å². The van der Waals surface area contributed by atoms with Crippen molar-refractivity contribution in [2.45, 2.75) is 58.6 Å². The first-order valence-corrected chi connectivity index (χ1v) is 8.96. The molecule has 2 fully saturated rings. The van der Waals surface area contributed by atoms with Gasteiger partial charge >= 0.3 is 12.1 Å². The largest absolute Gasteiger partial charge is 0.444 e. The number of ether oxygens (including phenoxy) is 1. The summed E-state index contributed by atoms with van der Waals surface area (Å²) in [4.78, 5) is 42.3. The van der Waals surface area contributed by atoms with Crippen LogP contribution in [0, 0.1) is 0 Å². The highest BCUT2D eigenvalue weighted by atomic mass is 16.6. The molecule has 0 unspecified atom stereocenters. The summed E-state index contributed by atoms with van der Waals surface area (Å²) in [5.41, 5.74) is -0.811. The van der Waals surface area contributed by atoms with E-state index < -0.39 is 11.1 Å². The van der Waals surface area contributed by atoms with Gasteiger partial charge in [-0.05, 0) is 53.5 Å². The van der Waals surface area contributed by atoms with E-state index in [1.807, 2.05) is 52.8 Å². The third-order valence-corrected chi connectivity index (χ3v) is 4.74. The number of urea groups is 1. The maximum absolute atomic E-state index is 12.9. The number of amides is 4. The lowest BCUT2D eigenvalue weighted by atomic mass is 9.85. The third kappa shape index (κ3) is 3.48. The minimum atomic E-state index is -0.939. The van der Waals surface area contributed by atoms with Crippen molar-refractivity contribution in [2.24, 2.45) is 0 Å². The van der Waals surface area contributed by atoms with Gasteiger partial charge in [0.2, 0.25) is 0 Å². The predicted molar refractivity (Wildman–Crippen MR) is 98.3 cm³/mol. The molecule has 2 saturated heterocycles. The number of allylic oxidation sites excluding steroid dienone is 3. The zero-order valence-electron chi connectivity index (χ0n) is 16.5. The number of likely N-dealkylation sites (N-methyl/N-ethyl adjacent to an activating group) is 1. The van der Waals surface area contributed by atoms with Crippen molar-refractivity contribution >= 4 is 18.0 Å². The van der Waals surface area contributed by atoms with E-state index in [9.17, 15) is 14.4 Å². The SMILES string of the molecule is CC=CC(=CC)N1C(=O)N(C)C(=O)C12CCN(C(=O)OC(C)(C)C)CC2. The monoisotopic (exact) mass is 363 g/mol. The Morgan fingerprint density at radius 2 is 1.73 bits per heavy atom. The van der Waals surface area contributed by atoms with E-state index >= 15 is 0 Å². The fourth-order valence-corrected chi connectivity index (χ4v) is 3.48. The summed E-state index contributed by atoms with van der Waals surface area (Å²) in [6, 6.07) is -0.327. The average molecular weight is 363 g/mol. The van der Waals surface area contributed by atoms with Crippen LogP contribution in [0.2, 0.25) is 0 Å². The number of nitrogens with zero attached hydrogens (tertiary/aromatic N) is 3. The fourth-order valence-electron chi connectivity index (χ4n) is 3.48. The Balaban J connectivity index is 2.26. The van der Waals surface area contributed by atoms with Crippen molar-refractivity contribution in [3.05, 3.63) is 23.9 Å². The van der Waals surface area contributed by atoms with Crippen LogP contribution in [0.1, 0.15) is 47.5 Å². The molecule has 0 radical (unpaired) electrons. The maximum Gasteiger partial charge on any atom is 0.410 e. The molecular formula is C19H29N3O4. The smallest absolute Gasteiger partial charge is 0.410 e. The summed E-state index contributed by atoms with van der Waals surface area (Å²) < 4.78 is 5.42. The molecule has 0 atom stereocenters. The Labute approximate surface area is 155 Å². The zero-order valence-corrected chi connectivity index (χ0v) is 16.5. The van der Waals surface area contributed by atoms with E-state index in [0.29, 0.717) is 31.6 Å². The Bertz CT molecular complexity index is 652. The number of carbonyl (C=O) groups excluding carboxylic acids is 3. The van der Waals surface area contributed by atoms with E-state index in [0.717, 1.165) is 0 Å². The van der Waals surface area contributed by atoms with Gasteiger partial charge in [0.1, 0.15) is 11.1 Å². The van der Waals surface area contributed by atoms with Gasteiger partial charge in [-0.15, -0.1) is 0 Å². The molecule has 26 heavy (non-hydrogen) atoms. The van der Waals surface area contributed by atoms with Gasteiger partial charge < -0.3 is 9.64 Å². The summed E-state index contributed by atoms with van der Waals surface area (Å²) in [7, 11) is 1.51. The van der Waals surface area contributed by atoms with Crippen molar-refractivity contribution < 1.29 is 19.1 Å². The lowest BCUT2D eigenvalue weighted by Gasteiger charge is -2.42. The van der Waals surface area contributed by atoms with Gasteiger partial charge in [-0.25, -0.2) is 9.59 Å². The normalized spacial score (nSPS) is 21.3. The molecule has 1 spiro atoms. The van der Waals surface area contributed by atoms with Crippen molar-refractivity contribution in [3.63, 3.8) is 0 Å². The molecule has 0 aliphatic carbocycles. The molecule has 2 heterocycles. The second-order valence-electron chi connectivity index (χ2n) is 7.69. The first-order chi connectivity index (χ1) is 12.1. The number of piperidine rings is 1. The third-order valence-electron chi connectivity index (χ3n) is 4.74. The van der Waals surface area contributed by atoms with Gasteiger partial charge in [0, 0.05) is 25.8 Å². The molecule has 0 aromatic carbocycles. The molecule has 2 rings (SSSR count). The average Bonchev–Trinajstić information content (AvgIpc) is 2.74. The molecule has 7 nitrogen and oxygen atoms in total. The molecule has 0 aromatic rings. The molecule has 2 aliphatic rings. The van der Waals surface area contributed by atoms with Crippen LogP contribution < -0.4 is 0 Å². The molecule has 0 aromatic heterocycles. The molecule has 4 amide bonds. The van der Waals surface area contributed by atoms with Crippen LogP contribution in [-0.4, -0.2) is 64.0 Å². The molecular weight excluding hydrogens is 334 g/mol. The number of imide groups is 1. The fraction of sp³-hybridized carbons (Fsp3) is 0.632. The molecule has 0 saturated carbocycles. The molecule has 144 valence electrons. The van der Waals surface area contributed by atoms with Crippen molar-refractivity contribution in [3.8, 4) is 0 Å². The zero-order chi connectivity index (χ0) is 19.7. The number of carbonyl (C=O) groups is 3. The first-order valence-electron chi connectivity index (χ1n) is 8.96. The summed E-state index contributed by atoms with van der Waals surface area (Å²) in [5.74, 6) is -0.213. The van der Waals surface area contributed by atoms with Crippen molar-refractivity contribution in [2.75, 3.05) is 20.1 Å². The quantitative estimate of drug-likeness (QED) is 0.558. The topological polar surface area (TPSA) is 70.2 Å². The summed E-state index contributed by atoms with van der Waals surface area (Å²) in [5, 5.41) is 0. The van der Waals surface area contributed by atoms with Crippen LogP contribution in [0.4, 0.5) is 9.59 Å². The van der Waals surface area contributed by atoms with Gasteiger partial charge in [0.25, 0.3) is 5.91 Å². The van der Waals surface area contributed by atoms with Crippen LogP contribution in [0.25, 0.3) is 0 Å². The van der Waals surface area contributed by atoms with E-state index in [1.165, 1.54) is 11.9 Å². The highest BCUT2D eigenvalue weighted by Crippen LogP contribution is 2.39. The van der Waals surface area contributed by atoms with Crippen LogP contribution in [0.3, 0.4) is 0 Å². The molecule has 0 bridgehead atoms. The molecule has 0 N–H and O–H groups in total. The Hall–Kier alpha value is -2.31. The van der Waals surface area contributed by atoms with Crippen LogP contribution in [-0.2, 0) is 9.53 Å². The predicted octanol–water partition coefficient (Wildman–Crippen LogP) is 3.13. The van der Waals surface area contributed by atoms with Crippen LogP contribution in [0.5, 0.6) is 0 Å². The van der Waals surface area contributed by atoms with Gasteiger partial charge in [-0.2, -0.15) is 0 Å². The number of likely N-dealkylation sites (tertiary alicyclic amines) is 1. The second-order valence-corrected chi connectivity index (χ2v) is 7.69. The van der Waals surface area contributed by atoms with Crippen molar-refractivity contribution in [1.29, 1.82) is 0 Å². The maximum atomic E-state index is 12.9. The minimum absolute atomic E-state index is 0.213. The lowest BCUT2D eigenvalue weighted by molar-refractivity contribution is -0.134. The first kappa shape index (κ1) is 20.0. The summed E-state index contributed by atoms with van der Waals surface area (Å²) in [6.45, 7) is 9.91. The van der Waals surface area contributed by atoms with E-state index in [-0.39, 0.29) is 18.0 Å². The van der Waals surface area contributed by atoms with Crippen LogP contribution in [0.15, 0.2) is 23.9 Å². The summed E-state index contributed by atoms with van der Waals surface area (Å²) >= 11 is 0. The Morgan fingerprint density at radius 1 is 1.15 bits per heavy atom. The molecule has 7 heteroatoms. The van der Waals surface area contributed by atoms with Crippen LogP contribution >= 0.6 is 0 Å².